The third-order valence-electron chi connectivity index (χ3n) is 5.09. The highest BCUT2D eigenvalue weighted by atomic mass is 16.5. The lowest BCUT2D eigenvalue weighted by atomic mass is 10.0. The first-order chi connectivity index (χ1) is 13.2. The third-order valence-corrected chi connectivity index (χ3v) is 5.09. The topological polar surface area (TPSA) is 84.7 Å². The summed E-state index contributed by atoms with van der Waals surface area (Å²) in [6.45, 7) is 2.96. The van der Waals surface area contributed by atoms with Gasteiger partial charge in [-0.3, -0.25) is 9.59 Å². The second-order valence-corrected chi connectivity index (χ2v) is 6.99. The Bertz CT molecular complexity index is 820. The van der Waals surface area contributed by atoms with Gasteiger partial charge in [0.2, 0.25) is 0 Å². The predicted molar refractivity (Wildman–Crippen MR) is 98.8 cm³/mol. The molecule has 1 N–H and O–H groups in total. The Labute approximate surface area is 157 Å². The Morgan fingerprint density at radius 2 is 1.93 bits per heavy atom. The van der Waals surface area contributed by atoms with Crippen molar-refractivity contribution >= 4 is 17.5 Å². The molecule has 0 radical (unpaired) electrons. The molecule has 0 unspecified atom stereocenters. The van der Waals surface area contributed by atoms with Crippen LogP contribution in [-0.2, 0) is 4.74 Å². The molecule has 3 heterocycles. The fourth-order valence-electron chi connectivity index (χ4n) is 3.55. The van der Waals surface area contributed by atoms with Crippen molar-refractivity contribution in [1.29, 1.82) is 0 Å². The molecule has 0 bridgehead atoms. The van der Waals surface area contributed by atoms with Crippen LogP contribution in [0, 0.1) is 0 Å². The number of anilines is 1. The van der Waals surface area contributed by atoms with Gasteiger partial charge in [-0.1, -0.05) is 6.07 Å². The zero-order valence-electron chi connectivity index (χ0n) is 15.1. The minimum absolute atomic E-state index is 0.00633. The number of rotatable bonds is 4. The van der Waals surface area contributed by atoms with Crippen LogP contribution in [0.5, 0.6) is 0 Å². The standard InChI is InChI=1S/C20H23N3O4/c24-18(17-13-27-19(22-17)14-6-10-26-11-7-14)21-16-5-3-4-15(12-16)20(25)23-8-1-2-9-23/h3-5,12-14H,1-2,6-11H2,(H,21,24). The summed E-state index contributed by atoms with van der Waals surface area (Å²) in [7, 11) is 0. The summed E-state index contributed by atoms with van der Waals surface area (Å²) in [5, 5.41) is 2.80. The van der Waals surface area contributed by atoms with Crippen molar-refractivity contribution in [3.05, 3.63) is 47.7 Å². The van der Waals surface area contributed by atoms with Gasteiger partial charge in [-0.05, 0) is 43.9 Å². The maximum absolute atomic E-state index is 12.5. The second-order valence-electron chi connectivity index (χ2n) is 6.99. The molecule has 0 atom stereocenters. The first-order valence-corrected chi connectivity index (χ1v) is 9.44. The Morgan fingerprint density at radius 3 is 2.70 bits per heavy atom. The molecule has 2 aromatic rings. The lowest BCUT2D eigenvalue weighted by Crippen LogP contribution is -2.27. The number of amides is 2. The van der Waals surface area contributed by atoms with Crippen molar-refractivity contribution in [2.75, 3.05) is 31.6 Å². The highest BCUT2D eigenvalue weighted by molar-refractivity contribution is 6.03. The maximum Gasteiger partial charge on any atom is 0.277 e. The Hall–Kier alpha value is -2.67. The molecule has 27 heavy (non-hydrogen) atoms. The molecular weight excluding hydrogens is 346 g/mol. The monoisotopic (exact) mass is 369 g/mol. The number of carbonyl (C=O) groups is 2. The van der Waals surface area contributed by atoms with E-state index in [2.05, 4.69) is 10.3 Å². The lowest BCUT2D eigenvalue weighted by molar-refractivity contribution is 0.0791. The van der Waals surface area contributed by atoms with E-state index in [1.807, 2.05) is 4.90 Å². The molecule has 142 valence electrons. The molecule has 1 aromatic heterocycles. The largest absolute Gasteiger partial charge is 0.448 e. The fraction of sp³-hybridized carbons (Fsp3) is 0.450. The summed E-state index contributed by atoms with van der Waals surface area (Å²) in [6, 6.07) is 7.01. The van der Waals surface area contributed by atoms with Gasteiger partial charge >= 0.3 is 0 Å². The number of hydrogen-bond acceptors (Lipinski definition) is 5. The second kappa shape index (κ2) is 7.92. The Kier molecular flexibility index (Phi) is 5.20. The Balaban J connectivity index is 1.43. The molecule has 7 nitrogen and oxygen atoms in total. The molecule has 0 saturated carbocycles. The number of ether oxygens (including phenoxy) is 1. The van der Waals surface area contributed by atoms with E-state index < -0.39 is 0 Å². The van der Waals surface area contributed by atoms with Crippen molar-refractivity contribution in [3.63, 3.8) is 0 Å². The van der Waals surface area contributed by atoms with E-state index in [-0.39, 0.29) is 23.4 Å². The van der Waals surface area contributed by atoms with E-state index in [0.29, 0.717) is 30.4 Å². The summed E-state index contributed by atoms with van der Waals surface area (Å²) in [4.78, 5) is 31.2. The lowest BCUT2D eigenvalue weighted by Gasteiger charge is -2.18. The molecule has 0 aliphatic carbocycles. The van der Waals surface area contributed by atoms with Gasteiger partial charge in [0, 0.05) is 43.5 Å². The molecule has 2 amide bonds. The van der Waals surface area contributed by atoms with Crippen LogP contribution >= 0.6 is 0 Å². The van der Waals surface area contributed by atoms with E-state index in [1.54, 1.807) is 24.3 Å². The molecule has 0 spiro atoms. The number of aromatic nitrogens is 1. The number of benzene rings is 1. The summed E-state index contributed by atoms with van der Waals surface area (Å²) in [5.41, 5.74) is 1.39. The van der Waals surface area contributed by atoms with Gasteiger partial charge in [-0.2, -0.15) is 0 Å². The van der Waals surface area contributed by atoms with E-state index in [0.717, 1.165) is 38.8 Å². The zero-order valence-corrected chi connectivity index (χ0v) is 15.1. The van der Waals surface area contributed by atoms with Crippen molar-refractivity contribution in [1.82, 2.24) is 9.88 Å². The van der Waals surface area contributed by atoms with Gasteiger partial charge in [-0.15, -0.1) is 0 Å². The van der Waals surface area contributed by atoms with Crippen LogP contribution in [0.1, 0.15) is 58.3 Å². The van der Waals surface area contributed by atoms with E-state index >= 15 is 0 Å². The highest BCUT2D eigenvalue weighted by Gasteiger charge is 2.23. The minimum atomic E-state index is -0.345. The van der Waals surface area contributed by atoms with Gasteiger partial charge in [0.25, 0.3) is 11.8 Å². The average molecular weight is 369 g/mol. The van der Waals surface area contributed by atoms with Crippen LogP contribution in [0.2, 0.25) is 0 Å². The molecule has 2 saturated heterocycles. The molecule has 4 rings (SSSR count). The molecular formula is C20H23N3O4. The predicted octanol–water partition coefficient (Wildman–Crippen LogP) is 3.06. The smallest absolute Gasteiger partial charge is 0.277 e. The van der Waals surface area contributed by atoms with E-state index in [9.17, 15) is 9.59 Å². The molecule has 1 aromatic carbocycles. The molecule has 2 aliphatic rings. The Morgan fingerprint density at radius 1 is 1.15 bits per heavy atom. The SMILES string of the molecule is O=C(Nc1cccc(C(=O)N2CCCC2)c1)c1coc(C2CCOCC2)n1. The van der Waals surface area contributed by atoms with Gasteiger partial charge in [0.1, 0.15) is 6.26 Å². The molecule has 7 heteroatoms. The zero-order chi connectivity index (χ0) is 18.6. The first kappa shape index (κ1) is 17.7. The number of likely N-dealkylation sites (tertiary alicyclic amines) is 1. The maximum atomic E-state index is 12.5. The number of carbonyl (C=O) groups excluding carboxylic acids is 2. The number of oxazole rings is 1. The molecule has 2 fully saturated rings. The van der Waals surface area contributed by atoms with E-state index in [1.165, 1.54) is 6.26 Å². The number of nitrogens with zero attached hydrogens (tertiary/aromatic N) is 2. The van der Waals surface area contributed by atoms with Crippen LogP contribution in [0.3, 0.4) is 0 Å². The van der Waals surface area contributed by atoms with Crippen LogP contribution < -0.4 is 5.32 Å². The van der Waals surface area contributed by atoms with Gasteiger partial charge in [0.05, 0.1) is 0 Å². The van der Waals surface area contributed by atoms with Gasteiger partial charge < -0.3 is 19.4 Å². The van der Waals surface area contributed by atoms with Crippen LogP contribution in [0.15, 0.2) is 34.9 Å². The first-order valence-electron chi connectivity index (χ1n) is 9.44. The summed E-state index contributed by atoms with van der Waals surface area (Å²) < 4.78 is 10.8. The van der Waals surface area contributed by atoms with Crippen LogP contribution in [0.4, 0.5) is 5.69 Å². The minimum Gasteiger partial charge on any atom is -0.448 e. The highest BCUT2D eigenvalue weighted by Crippen LogP contribution is 2.26. The van der Waals surface area contributed by atoms with Crippen molar-refractivity contribution < 1.29 is 18.7 Å². The normalized spacial score (nSPS) is 17.9. The quantitative estimate of drug-likeness (QED) is 0.895. The molecule has 2 aliphatic heterocycles. The van der Waals surface area contributed by atoms with Crippen LogP contribution in [0.25, 0.3) is 0 Å². The average Bonchev–Trinajstić information content (AvgIpc) is 3.40. The van der Waals surface area contributed by atoms with E-state index in [4.69, 9.17) is 9.15 Å². The van der Waals surface area contributed by atoms with Crippen molar-refractivity contribution in [2.24, 2.45) is 0 Å². The van der Waals surface area contributed by atoms with Gasteiger partial charge in [-0.25, -0.2) is 4.98 Å². The summed E-state index contributed by atoms with van der Waals surface area (Å²) in [6.07, 6.45) is 5.18. The fourth-order valence-corrected chi connectivity index (χ4v) is 3.55. The van der Waals surface area contributed by atoms with Crippen molar-refractivity contribution in [3.8, 4) is 0 Å². The summed E-state index contributed by atoms with van der Waals surface area (Å²) in [5.74, 6) is 0.442. The number of nitrogens with one attached hydrogen (secondary N) is 1. The number of hydrogen-bond donors (Lipinski definition) is 1. The van der Waals surface area contributed by atoms with Gasteiger partial charge in [0.15, 0.2) is 11.6 Å². The van der Waals surface area contributed by atoms with Crippen molar-refractivity contribution in [2.45, 2.75) is 31.6 Å². The summed E-state index contributed by atoms with van der Waals surface area (Å²) >= 11 is 0. The van der Waals surface area contributed by atoms with Crippen LogP contribution in [-0.4, -0.2) is 48.0 Å². The third kappa shape index (κ3) is 4.03.